The summed E-state index contributed by atoms with van der Waals surface area (Å²) < 4.78 is 1.36. The third-order valence-corrected chi connectivity index (χ3v) is 2.35. The van der Waals surface area contributed by atoms with E-state index in [9.17, 15) is 4.79 Å². The summed E-state index contributed by atoms with van der Waals surface area (Å²) in [5, 5.41) is 8.85. The van der Waals surface area contributed by atoms with Gasteiger partial charge >= 0.3 is 0 Å². The third-order valence-electron chi connectivity index (χ3n) is 2.12. The first-order valence-electron chi connectivity index (χ1n) is 4.75. The highest BCUT2D eigenvalue weighted by molar-refractivity contribution is 6.31. The number of rotatable bonds is 2. The summed E-state index contributed by atoms with van der Waals surface area (Å²) in [4.78, 5) is 11.9. The lowest BCUT2D eigenvalue weighted by molar-refractivity contribution is 0.541. The van der Waals surface area contributed by atoms with Gasteiger partial charge in [-0.15, -0.1) is 5.10 Å². The van der Waals surface area contributed by atoms with Crippen molar-refractivity contribution in [2.24, 2.45) is 0 Å². The summed E-state index contributed by atoms with van der Waals surface area (Å²) in [5.74, 6) is 0. The highest BCUT2D eigenvalue weighted by Gasteiger charge is 2.04. The zero-order valence-corrected chi connectivity index (χ0v) is 9.03. The summed E-state index contributed by atoms with van der Waals surface area (Å²) in [5.41, 5.74) is 0.445. The van der Waals surface area contributed by atoms with Crippen LogP contribution in [0.3, 0.4) is 0 Å². The number of halogens is 1. The van der Waals surface area contributed by atoms with Gasteiger partial charge in [0, 0.05) is 11.6 Å². The number of hydrogen-bond acceptors (Lipinski definition) is 3. The summed E-state index contributed by atoms with van der Waals surface area (Å²) in [6, 6.07) is 5.02. The van der Waals surface area contributed by atoms with Gasteiger partial charge in [0.25, 0.3) is 5.56 Å². The minimum absolute atomic E-state index is 0.135. The molecular weight excluding hydrogens is 214 g/mol. The summed E-state index contributed by atoms with van der Waals surface area (Å²) in [6.07, 6.45) is 0.848. The molecule has 0 aliphatic heterocycles. The Balaban J connectivity index is 2.71. The predicted octanol–water partition coefficient (Wildman–Crippen LogP) is 1.85. The highest BCUT2D eigenvalue weighted by Crippen LogP contribution is 2.13. The van der Waals surface area contributed by atoms with Crippen LogP contribution in [0.4, 0.5) is 0 Å². The molecule has 0 saturated carbocycles. The number of aromatic nitrogens is 3. The lowest BCUT2D eigenvalue weighted by Crippen LogP contribution is -2.24. The van der Waals surface area contributed by atoms with Gasteiger partial charge in [-0.3, -0.25) is 4.79 Å². The molecule has 0 spiro atoms. The highest BCUT2D eigenvalue weighted by atomic mass is 35.5. The van der Waals surface area contributed by atoms with Crippen LogP contribution in [0.15, 0.2) is 23.0 Å². The van der Waals surface area contributed by atoms with Crippen LogP contribution in [-0.2, 0) is 6.54 Å². The SMILES string of the molecule is CCCn1nnc2ccc(Cl)cc2c1=O. The van der Waals surface area contributed by atoms with Gasteiger partial charge in [0.05, 0.1) is 5.39 Å². The van der Waals surface area contributed by atoms with Crippen molar-refractivity contribution in [3.05, 3.63) is 33.6 Å². The van der Waals surface area contributed by atoms with Crippen molar-refractivity contribution in [2.45, 2.75) is 19.9 Å². The predicted molar refractivity (Wildman–Crippen MR) is 59.1 cm³/mol. The molecule has 5 heteroatoms. The number of benzene rings is 1. The second kappa shape index (κ2) is 3.98. The van der Waals surface area contributed by atoms with E-state index in [1.165, 1.54) is 4.68 Å². The van der Waals surface area contributed by atoms with E-state index in [0.717, 1.165) is 6.42 Å². The Morgan fingerprint density at radius 3 is 3.00 bits per heavy atom. The van der Waals surface area contributed by atoms with Crippen molar-refractivity contribution in [3.8, 4) is 0 Å². The largest absolute Gasteiger partial charge is 0.277 e. The zero-order valence-electron chi connectivity index (χ0n) is 8.27. The van der Waals surface area contributed by atoms with Crippen molar-refractivity contribution >= 4 is 22.5 Å². The van der Waals surface area contributed by atoms with Crippen molar-refractivity contribution < 1.29 is 0 Å². The maximum Gasteiger partial charge on any atom is 0.277 e. The molecule has 4 nitrogen and oxygen atoms in total. The third kappa shape index (κ3) is 1.85. The molecule has 0 unspecified atom stereocenters. The van der Waals surface area contributed by atoms with Gasteiger partial charge < -0.3 is 0 Å². The van der Waals surface area contributed by atoms with Gasteiger partial charge in [-0.1, -0.05) is 23.7 Å². The van der Waals surface area contributed by atoms with E-state index in [1.54, 1.807) is 18.2 Å². The van der Waals surface area contributed by atoms with E-state index < -0.39 is 0 Å². The van der Waals surface area contributed by atoms with Crippen LogP contribution >= 0.6 is 11.6 Å². The fourth-order valence-electron chi connectivity index (χ4n) is 1.41. The molecule has 78 valence electrons. The monoisotopic (exact) mass is 223 g/mol. The molecule has 1 aromatic heterocycles. The van der Waals surface area contributed by atoms with E-state index in [1.807, 2.05) is 6.92 Å². The molecule has 0 atom stereocenters. The van der Waals surface area contributed by atoms with Crippen LogP contribution in [0, 0.1) is 0 Å². The van der Waals surface area contributed by atoms with Crippen molar-refractivity contribution in [3.63, 3.8) is 0 Å². The first-order chi connectivity index (χ1) is 7.22. The van der Waals surface area contributed by atoms with Gasteiger partial charge in [-0.2, -0.15) is 0 Å². The Kier molecular flexibility index (Phi) is 2.68. The molecular formula is C10H10ClN3O. The number of fused-ring (bicyclic) bond motifs is 1. The zero-order chi connectivity index (χ0) is 10.8. The van der Waals surface area contributed by atoms with Gasteiger partial charge in [0.1, 0.15) is 5.52 Å². The summed E-state index contributed by atoms with van der Waals surface area (Å²) in [7, 11) is 0. The fourth-order valence-corrected chi connectivity index (χ4v) is 1.58. The number of aryl methyl sites for hydroxylation is 1. The fraction of sp³-hybridized carbons (Fsp3) is 0.300. The first-order valence-corrected chi connectivity index (χ1v) is 5.13. The molecule has 0 fully saturated rings. The summed E-state index contributed by atoms with van der Waals surface area (Å²) in [6.45, 7) is 2.56. The standard InChI is InChI=1S/C10H10ClN3O/c1-2-5-14-10(15)8-6-7(11)3-4-9(8)12-13-14/h3-4,6H,2,5H2,1H3. The number of hydrogen-bond donors (Lipinski definition) is 0. The van der Waals surface area contributed by atoms with Crippen LogP contribution < -0.4 is 5.56 Å². The molecule has 0 aliphatic carbocycles. The van der Waals surface area contributed by atoms with E-state index in [-0.39, 0.29) is 5.56 Å². The minimum atomic E-state index is -0.135. The van der Waals surface area contributed by atoms with E-state index in [0.29, 0.717) is 22.5 Å². The van der Waals surface area contributed by atoms with Gasteiger partial charge in [-0.05, 0) is 24.6 Å². The molecule has 1 aromatic carbocycles. The average Bonchev–Trinajstić information content (AvgIpc) is 2.23. The molecule has 0 amide bonds. The molecule has 2 rings (SSSR count). The smallest absolute Gasteiger partial charge is 0.267 e. The van der Waals surface area contributed by atoms with Gasteiger partial charge in [-0.25, -0.2) is 4.68 Å². The maximum atomic E-state index is 11.9. The maximum absolute atomic E-state index is 11.9. The van der Waals surface area contributed by atoms with E-state index in [2.05, 4.69) is 10.3 Å². The Labute approximate surface area is 91.5 Å². The molecule has 0 bridgehead atoms. The minimum Gasteiger partial charge on any atom is -0.267 e. The second-order valence-corrected chi connectivity index (χ2v) is 3.72. The average molecular weight is 224 g/mol. The lowest BCUT2D eigenvalue weighted by Gasteiger charge is -2.02. The lowest BCUT2D eigenvalue weighted by atomic mass is 10.2. The molecule has 0 aliphatic rings. The van der Waals surface area contributed by atoms with Crippen molar-refractivity contribution in [2.75, 3.05) is 0 Å². The van der Waals surface area contributed by atoms with Gasteiger partial charge in [0.2, 0.25) is 0 Å². The summed E-state index contributed by atoms with van der Waals surface area (Å²) >= 11 is 5.82. The molecule has 0 radical (unpaired) electrons. The Morgan fingerprint density at radius 2 is 2.27 bits per heavy atom. The molecule has 2 aromatic rings. The van der Waals surface area contributed by atoms with E-state index in [4.69, 9.17) is 11.6 Å². The Morgan fingerprint density at radius 1 is 1.47 bits per heavy atom. The van der Waals surface area contributed by atoms with Crippen LogP contribution in [0.25, 0.3) is 10.9 Å². The first kappa shape index (κ1) is 10.1. The van der Waals surface area contributed by atoms with Crippen LogP contribution in [0.5, 0.6) is 0 Å². The molecule has 1 heterocycles. The molecule has 0 saturated heterocycles. The van der Waals surface area contributed by atoms with E-state index >= 15 is 0 Å². The van der Waals surface area contributed by atoms with Gasteiger partial charge in [0.15, 0.2) is 0 Å². The second-order valence-electron chi connectivity index (χ2n) is 3.28. The van der Waals surface area contributed by atoms with Crippen molar-refractivity contribution in [1.82, 2.24) is 15.0 Å². The molecule has 15 heavy (non-hydrogen) atoms. The quantitative estimate of drug-likeness (QED) is 0.781. The van der Waals surface area contributed by atoms with Crippen LogP contribution in [0.1, 0.15) is 13.3 Å². The number of nitrogens with zero attached hydrogens (tertiary/aromatic N) is 3. The van der Waals surface area contributed by atoms with Crippen LogP contribution in [-0.4, -0.2) is 15.0 Å². The Hall–Kier alpha value is -1.42. The Bertz CT molecular complexity index is 550. The van der Waals surface area contributed by atoms with Crippen molar-refractivity contribution in [1.29, 1.82) is 0 Å². The normalized spacial score (nSPS) is 10.8. The molecule has 0 N–H and O–H groups in total. The van der Waals surface area contributed by atoms with Crippen LogP contribution in [0.2, 0.25) is 5.02 Å². The topological polar surface area (TPSA) is 47.8 Å².